The molecule has 2 aliphatic rings. The maximum Gasteiger partial charge on any atom is 0.0702 e. The molecule has 0 spiro atoms. The Morgan fingerprint density at radius 1 is 1.47 bits per heavy atom. The average Bonchev–Trinajstić information content (AvgIpc) is 2.73. The molecule has 0 aromatic carbocycles. The lowest BCUT2D eigenvalue weighted by molar-refractivity contribution is -0.00884. The minimum absolute atomic E-state index is 0.488. The van der Waals surface area contributed by atoms with Gasteiger partial charge in [0.15, 0.2) is 0 Å². The van der Waals surface area contributed by atoms with Crippen molar-refractivity contribution in [3.63, 3.8) is 0 Å². The van der Waals surface area contributed by atoms with E-state index in [1.807, 2.05) is 0 Å². The summed E-state index contributed by atoms with van der Waals surface area (Å²) >= 11 is 0. The third-order valence-corrected chi connectivity index (χ3v) is 4.08. The predicted octanol–water partition coefficient (Wildman–Crippen LogP) is 1.88. The average molecular weight is 240 g/mol. The second-order valence-electron chi connectivity index (χ2n) is 6.11. The van der Waals surface area contributed by atoms with Gasteiger partial charge < -0.3 is 15.0 Å². The third kappa shape index (κ3) is 3.94. The van der Waals surface area contributed by atoms with Gasteiger partial charge in [-0.05, 0) is 44.2 Å². The normalized spacial score (nSPS) is 35.3. The zero-order valence-corrected chi connectivity index (χ0v) is 11.5. The lowest BCUT2D eigenvalue weighted by Crippen LogP contribution is -2.45. The smallest absolute Gasteiger partial charge is 0.0702 e. The summed E-state index contributed by atoms with van der Waals surface area (Å²) in [5, 5.41) is 3.49. The van der Waals surface area contributed by atoms with Gasteiger partial charge >= 0.3 is 0 Å². The van der Waals surface area contributed by atoms with Crippen molar-refractivity contribution in [2.24, 2.45) is 5.41 Å². The number of hydrogen-bond donors (Lipinski definition) is 1. The molecule has 0 amide bonds. The molecular formula is C14H28N2O. The molecular weight excluding hydrogens is 212 g/mol. The van der Waals surface area contributed by atoms with Crippen LogP contribution in [-0.4, -0.2) is 50.3 Å². The van der Waals surface area contributed by atoms with E-state index in [0.717, 1.165) is 19.6 Å². The third-order valence-electron chi connectivity index (χ3n) is 4.08. The highest BCUT2D eigenvalue weighted by atomic mass is 16.5. The van der Waals surface area contributed by atoms with E-state index in [1.165, 1.54) is 45.4 Å². The molecule has 3 heteroatoms. The molecule has 2 heterocycles. The molecule has 2 aliphatic heterocycles. The van der Waals surface area contributed by atoms with Crippen molar-refractivity contribution < 1.29 is 4.74 Å². The van der Waals surface area contributed by atoms with Crippen LogP contribution in [-0.2, 0) is 4.74 Å². The van der Waals surface area contributed by atoms with E-state index in [4.69, 9.17) is 4.74 Å². The van der Waals surface area contributed by atoms with Crippen molar-refractivity contribution in [2.75, 3.05) is 39.3 Å². The standard InChI is InChI=1S/C14H28N2O/c1-3-9-17-13-5-4-8-16(10-13)12-14(2)6-7-15-11-14/h13,15H,3-12H2,1-2H3. The molecule has 0 radical (unpaired) electrons. The molecule has 2 saturated heterocycles. The SMILES string of the molecule is CCCOC1CCCN(CC2(C)CCNC2)C1. The van der Waals surface area contributed by atoms with Gasteiger partial charge in [-0.3, -0.25) is 0 Å². The first-order chi connectivity index (χ1) is 8.22. The monoisotopic (exact) mass is 240 g/mol. The molecule has 0 saturated carbocycles. The van der Waals surface area contributed by atoms with Crippen LogP contribution >= 0.6 is 0 Å². The molecule has 0 bridgehead atoms. The van der Waals surface area contributed by atoms with Gasteiger partial charge in [0.25, 0.3) is 0 Å². The number of nitrogens with one attached hydrogen (secondary N) is 1. The zero-order chi connectivity index (χ0) is 12.1. The minimum atomic E-state index is 0.488. The molecule has 0 aromatic heterocycles. The topological polar surface area (TPSA) is 24.5 Å². The molecule has 100 valence electrons. The number of nitrogens with zero attached hydrogens (tertiary/aromatic N) is 1. The van der Waals surface area contributed by atoms with Crippen LogP contribution in [0.25, 0.3) is 0 Å². The minimum Gasteiger partial charge on any atom is -0.377 e. The maximum absolute atomic E-state index is 5.90. The fourth-order valence-electron chi connectivity index (χ4n) is 3.12. The number of piperidine rings is 1. The van der Waals surface area contributed by atoms with Gasteiger partial charge in [-0.2, -0.15) is 0 Å². The Balaban J connectivity index is 1.76. The molecule has 1 N–H and O–H groups in total. The number of rotatable bonds is 5. The second-order valence-corrected chi connectivity index (χ2v) is 6.11. The molecule has 17 heavy (non-hydrogen) atoms. The number of hydrogen-bond acceptors (Lipinski definition) is 3. The van der Waals surface area contributed by atoms with Crippen LogP contribution in [0.2, 0.25) is 0 Å². The van der Waals surface area contributed by atoms with Crippen LogP contribution < -0.4 is 5.32 Å². The van der Waals surface area contributed by atoms with E-state index in [2.05, 4.69) is 24.1 Å². The largest absolute Gasteiger partial charge is 0.377 e. The lowest BCUT2D eigenvalue weighted by Gasteiger charge is -2.37. The van der Waals surface area contributed by atoms with Crippen molar-refractivity contribution >= 4 is 0 Å². The van der Waals surface area contributed by atoms with Crippen LogP contribution in [0.15, 0.2) is 0 Å². The van der Waals surface area contributed by atoms with Crippen LogP contribution in [0.4, 0.5) is 0 Å². The summed E-state index contributed by atoms with van der Waals surface area (Å²) in [4.78, 5) is 2.62. The summed E-state index contributed by atoms with van der Waals surface area (Å²) < 4.78 is 5.90. The summed E-state index contributed by atoms with van der Waals surface area (Å²) in [7, 11) is 0. The van der Waals surface area contributed by atoms with Crippen molar-refractivity contribution in [3.8, 4) is 0 Å². The highest BCUT2D eigenvalue weighted by Crippen LogP contribution is 2.27. The molecule has 2 atom stereocenters. The van der Waals surface area contributed by atoms with E-state index in [1.54, 1.807) is 0 Å². The van der Waals surface area contributed by atoms with Crippen molar-refractivity contribution in [2.45, 2.75) is 45.6 Å². The summed E-state index contributed by atoms with van der Waals surface area (Å²) in [6, 6.07) is 0. The molecule has 2 fully saturated rings. The zero-order valence-electron chi connectivity index (χ0n) is 11.5. The van der Waals surface area contributed by atoms with E-state index in [-0.39, 0.29) is 0 Å². The fraction of sp³-hybridized carbons (Fsp3) is 1.00. The molecule has 2 rings (SSSR count). The van der Waals surface area contributed by atoms with Crippen LogP contribution in [0.1, 0.15) is 39.5 Å². The highest BCUT2D eigenvalue weighted by molar-refractivity contribution is 4.88. The summed E-state index contributed by atoms with van der Waals surface area (Å²) in [5.74, 6) is 0. The Hall–Kier alpha value is -0.120. The van der Waals surface area contributed by atoms with Gasteiger partial charge in [0.2, 0.25) is 0 Å². The van der Waals surface area contributed by atoms with E-state index in [9.17, 15) is 0 Å². The van der Waals surface area contributed by atoms with Gasteiger partial charge in [-0.1, -0.05) is 13.8 Å². The molecule has 0 aliphatic carbocycles. The number of likely N-dealkylation sites (tertiary alicyclic amines) is 1. The predicted molar refractivity (Wildman–Crippen MR) is 71.3 cm³/mol. The van der Waals surface area contributed by atoms with Crippen molar-refractivity contribution in [3.05, 3.63) is 0 Å². The van der Waals surface area contributed by atoms with Gasteiger partial charge in [-0.15, -0.1) is 0 Å². The first-order valence-corrected chi connectivity index (χ1v) is 7.26. The van der Waals surface area contributed by atoms with Crippen molar-refractivity contribution in [1.82, 2.24) is 10.2 Å². The van der Waals surface area contributed by atoms with Crippen LogP contribution in [0.3, 0.4) is 0 Å². The van der Waals surface area contributed by atoms with E-state index >= 15 is 0 Å². The highest BCUT2D eigenvalue weighted by Gasteiger charge is 2.32. The van der Waals surface area contributed by atoms with Crippen molar-refractivity contribution in [1.29, 1.82) is 0 Å². The molecule has 2 unspecified atom stereocenters. The molecule has 3 nitrogen and oxygen atoms in total. The van der Waals surface area contributed by atoms with Gasteiger partial charge in [0.1, 0.15) is 0 Å². The Labute approximate surface area is 106 Å². The van der Waals surface area contributed by atoms with Gasteiger partial charge in [0, 0.05) is 26.2 Å². The molecule has 0 aromatic rings. The van der Waals surface area contributed by atoms with Crippen LogP contribution in [0.5, 0.6) is 0 Å². The van der Waals surface area contributed by atoms with E-state index < -0.39 is 0 Å². The van der Waals surface area contributed by atoms with Gasteiger partial charge in [-0.25, -0.2) is 0 Å². The first-order valence-electron chi connectivity index (χ1n) is 7.26. The van der Waals surface area contributed by atoms with E-state index in [0.29, 0.717) is 11.5 Å². The Kier molecular flexibility index (Phi) is 4.83. The second kappa shape index (κ2) is 6.17. The fourth-order valence-corrected chi connectivity index (χ4v) is 3.12. The Morgan fingerprint density at radius 3 is 3.06 bits per heavy atom. The maximum atomic E-state index is 5.90. The Morgan fingerprint density at radius 2 is 2.35 bits per heavy atom. The summed E-state index contributed by atoms with van der Waals surface area (Å²) in [6.07, 6.45) is 5.51. The van der Waals surface area contributed by atoms with Gasteiger partial charge in [0.05, 0.1) is 6.10 Å². The number of ether oxygens (including phenoxy) is 1. The summed E-state index contributed by atoms with van der Waals surface area (Å²) in [5.41, 5.74) is 0.493. The Bertz CT molecular complexity index is 226. The first kappa shape index (κ1) is 13.3. The van der Waals surface area contributed by atoms with Crippen LogP contribution in [0, 0.1) is 5.41 Å². The quantitative estimate of drug-likeness (QED) is 0.794. The lowest BCUT2D eigenvalue weighted by atomic mass is 9.88. The summed E-state index contributed by atoms with van der Waals surface area (Å²) in [6.45, 7) is 11.6.